The lowest BCUT2D eigenvalue weighted by Crippen LogP contribution is -2.48. The topological polar surface area (TPSA) is 118 Å². The van der Waals surface area contributed by atoms with E-state index in [2.05, 4.69) is 21.5 Å². The maximum atomic E-state index is 11.9. The Morgan fingerprint density at radius 3 is 2.58 bits per heavy atom. The Hall–Kier alpha value is -2.81. The Morgan fingerprint density at radius 1 is 1.25 bits per heavy atom. The lowest BCUT2D eigenvalue weighted by molar-refractivity contribution is -0.123. The van der Waals surface area contributed by atoms with Gasteiger partial charge in [0.1, 0.15) is 5.75 Å². The van der Waals surface area contributed by atoms with Crippen molar-refractivity contribution in [2.24, 2.45) is 0 Å². The van der Waals surface area contributed by atoms with E-state index in [1.807, 2.05) is 24.3 Å². The molecule has 0 aliphatic carbocycles. The van der Waals surface area contributed by atoms with Gasteiger partial charge in [-0.1, -0.05) is 12.1 Å². The van der Waals surface area contributed by atoms with Gasteiger partial charge in [-0.25, -0.2) is 20.4 Å². The number of hydrogen-bond acceptors (Lipinski definition) is 6. The van der Waals surface area contributed by atoms with Gasteiger partial charge >= 0.3 is 12.1 Å². The lowest BCUT2D eigenvalue weighted by atomic mass is 10.0. The first kappa shape index (κ1) is 17.5. The van der Waals surface area contributed by atoms with Crippen LogP contribution in [0.25, 0.3) is 0 Å². The van der Waals surface area contributed by atoms with Crippen molar-refractivity contribution in [2.75, 3.05) is 20.7 Å². The first-order chi connectivity index (χ1) is 11.5. The number of urea groups is 1. The monoisotopic (exact) mass is 336 g/mol. The molecule has 1 fully saturated rings. The maximum absolute atomic E-state index is 11.9. The highest BCUT2D eigenvalue weighted by Gasteiger charge is 2.37. The first-order valence-corrected chi connectivity index (χ1v) is 7.37. The highest BCUT2D eigenvalue weighted by atomic mass is 16.6. The number of amides is 3. The summed E-state index contributed by atoms with van der Waals surface area (Å²) in [5.74, 6) is 0.519. The van der Waals surface area contributed by atoms with Crippen molar-refractivity contribution in [1.82, 2.24) is 21.5 Å². The van der Waals surface area contributed by atoms with Crippen molar-refractivity contribution in [1.29, 1.82) is 0 Å². The molecule has 2 atom stereocenters. The number of ketones is 1. The minimum Gasteiger partial charge on any atom is -0.497 e. The fourth-order valence-electron chi connectivity index (χ4n) is 2.32. The van der Waals surface area contributed by atoms with Crippen LogP contribution in [0.5, 0.6) is 5.75 Å². The van der Waals surface area contributed by atoms with E-state index >= 15 is 0 Å². The van der Waals surface area contributed by atoms with Gasteiger partial charge in [-0.15, -0.1) is 0 Å². The molecule has 1 aromatic carbocycles. The largest absolute Gasteiger partial charge is 0.497 e. The van der Waals surface area contributed by atoms with E-state index in [9.17, 15) is 14.4 Å². The van der Waals surface area contributed by atoms with Gasteiger partial charge in [0.05, 0.1) is 19.7 Å². The zero-order chi connectivity index (χ0) is 17.5. The van der Waals surface area contributed by atoms with Crippen LogP contribution in [0.1, 0.15) is 5.56 Å². The van der Waals surface area contributed by atoms with Gasteiger partial charge in [-0.2, -0.15) is 0 Å². The van der Waals surface area contributed by atoms with Gasteiger partial charge in [-0.3, -0.25) is 4.79 Å². The molecule has 1 saturated heterocycles. The van der Waals surface area contributed by atoms with Crippen LogP contribution in [0.3, 0.4) is 0 Å². The van der Waals surface area contributed by atoms with Crippen LogP contribution in [0.2, 0.25) is 0 Å². The molecule has 24 heavy (non-hydrogen) atoms. The highest BCUT2D eigenvalue weighted by molar-refractivity contribution is 5.90. The summed E-state index contributed by atoms with van der Waals surface area (Å²) in [6.07, 6.45) is -1.31. The van der Waals surface area contributed by atoms with Crippen molar-refractivity contribution in [3.63, 3.8) is 0 Å². The molecule has 9 heteroatoms. The number of hydrogen-bond donors (Lipinski definition) is 4. The van der Waals surface area contributed by atoms with Gasteiger partial charge in [0.2, 0.25) is 0 Å². The van der Waals surface area contributed by atoms with Gasteiger partial charge in [0, 0.05) is 7.05 Å². The summed E-state index contributed by atoms with van der Waals surface area (Å²) in [5.41, 5.74) is 5.11. The van der Waals surface area contributed by atoms with Crippen molar-refractivity contribution >= 4 is 17.9 Å². The Kier molecular flexibility index (Phi) is 5.96. The molecular weight excluding hydrogens is 316 g/mol. The van der Waals surface area contributed by atoms with Crippen LogP contribution in [0.15, 0.2) is 24.3 Å². The number of methoxy groups -OCH3 is 1. The average molecular weight is 336 g/mol. The average Bonchev–Trinajstić information content (AvgIpc) is 2.93. The Balaban J connectivity index is 1.92. The SMILES string of the molecule is CNC(=O)NNC(=O)O[C@@H]1C(=O)CN[C@@H]1Cc1ccc(OC)cc1. The molecular formula is C15H20N4O5. The van der Waals surface area contributed by atoms with E-state index in [-0.39, 0.29) is 18.4 Å². The Labute approximate surface area is 139 Å². The minimum absolute atomic E-state index is 0.127. The highest BCUT2D eigenvalue weighted by Crippen LogP contribution is 2.17. The zero-order valence-corrected chi connectivity index (χ0v) is 13.4. The van der Waals surface area contributed by atoms with E-state index in [1.165, 1.54) is 7.05 Å². The second kappa shape index (κ2) is 8.16. The molecule has 1 aliphatic heterocycles. The minimum atomic E-state index is -0.918. The van der Waals surface area contributed by atoms with E-state index in [4.69, 9.17) is 9.47 Å². The fourth-order valence-corrected chi connectivity index (χ4v) is 2.32. The first-order valence-electron chi connectivity index (χ1n) is 7.37. The molecule has 2 rings (SSSR count). The van der Waals surface area contributed by atoms with Gasteiger partial charge < -0.3 is 20.1 Å². The summed E-state index contributed by atoms with van der Waals surface area (Å²) in [4.78, 5) is 34.6. The van der Waals surface area contributed by atoms with Crippen LogP contribution in [0, 0.1) is 0 Å². The van der Waals surface area contributed by atoms with Crippen LogP contribution in [0.4, 0.5) is 9.59 Å². The van der Waals surface area contributed by atoms with Crippen molar-refractivity contribution < 1.29 is 23.9 Å². The van der Waals surface area contributed by atoms with Crippen LogP contribution >= 0.6 is 0 Å². The summed E-state index contributed by atoms with van der Waals surface area (Å²) in [6.45, 7) is 0.127. The van der Waals surface area contributed by atoms with Gasteiger partial charge in [0.25, 0.3) is 0 Å². The molecule has 0 bridgehead atoms. The third-order valence-corrected chi connectivity index (χ3v) is 3.58. The number of carbonyl (C=O) groups is 3. The molecule has 1 aliphatic rings. The number of nitrogens with one attached hydrogen (secondary N) is 4. The number of ether oxygens (including phenoxy) is 2. The van der Waals surface area contributed by atoms with Crippen molar-refractivity contribution in [3.05, 3.63) is 29.8 Å². The number of Topliss-reactive ketones (excluding diaryl/α,β-unsaturated/α-hetero) is 1. The van der Waals surface area contributed by atoms with E-state index in [0.29, 0.717) is 6.42 Å². The molecule has 0 unspecified atom stereocenters. The molecule has 4 N–H and O–H groups in total. The summed E-state index contributed by atoms with van der Waals surface area (Å²) < 4.78 is 10.2. The summed E-state index contributed by atoms with van der Waals surface area (Å²) >= 11 is 0. The maximum Gasteiger partial charge on any atom is 0.426 e. The smallest absolute Gasteiger partial charge is 0.426 e. The molecule has 9 nitrogen and oxygen atoms in total. The van der Waals surface area contributed by atoms with Gasteiger partial charge in [-0.05, 0) is 24.1 Å². The lowest BCUT2D eigenvalue weighted by Gasteiger charge is -2.19. The number of hydrazine groups is 1. The summed E-state index contributed by atoms with van der Waals surface area (Å²) in [5, 5.41) is 5.29. The fraction of sp³-hybridized carbons (Fsp3) is 0.400. The summed E-state index contributed by atoms with van der Waals surface area (Å²) in [7, 11) is 2.99. The molecule has 3 amide bonds. The standard InChI is InChI=1S/C15H20N4O5/c1-16-14(21)18-19-15(22)24-13-11(17-8-12(13)20)7-9-3-5-10(23-2)6-4-9/h3-6,11,13,17H,7-8H2,1-2H3,(H,19,22)(H2,16,18,21)/t11-,13+/m1/s1. The second-order valence-electron chi connectivity index (χ2n) is 5.16. The predicted molar refractivity (Wildman–Crippen MR) is 84.5 cm³/mol. The quantitative estimate of drug-likeness (QED) is 0.562. The third-order valence-electron chi connectivity index (χ3n) is 3.58. The molecule has 0 saturated carbocycles. The molecule has 130 valence electrons. The van der Waals surface area contributed by atoms with E-state index in [1.54, 1.807) is 7.11 Å². The Morgan fingerprint density at radius 2 is 1.96 bits per heavy atom. The Bertz CT molecular complexity index is 604. The number of rotatable bonds is 4. The predicted octanol–water partition coefficient (Wildman–Crippen LogP) is -0.283. The van der Waals surface area contributed by atoms with Crippen LogP contribution < -0.4 is 26.2 Å². The molecule has 1 aromatic rings. The van der Waals surface area contributed by atoms with Crippen LogP contribution in [-0.4, -0.2) is 50.8 Å². The van der Waals surface area contributed by atoms with E-state index < -0.39 is 18.2 Å². The van der Waals surface area contributed by atoms with Crippen molar-refractivity contribution in [2.45, 2.75) is 18.6 Å². The second-order valence-corrected chi connectivity index (χ2v) is 5.16. The molecule has 0 radical (unpaired) electrons. The zero-order valence-electron chi connectivity index (χ0n) is 13.4. The summed E-state index contributed by atoms with van der Waals surface area (Å²) in [6, 6.07) is 6.47. The van der Waals surface area contributed by atoms with Crippen LogP contribution in [-0.2, 0) is 16.0 Å². The van der Waals surface area contributed by atoms with Gasteiger partial charge in [0.15, 0.2) is 11.9 Å². The van der Waals surface area contributed by atoms with E-state index in [0.717, 1.165) is 11.3 Å². The molecule has 0 spiro atoms. The number of carbonyl (C=O) groups excluding carboxylic acids is 3. The number of benzene rings is 1. The van der Waals surface area contributed by atoms with Crippen molar-refractivity contribution in [3.8, 4) is 5.75 Å². The normalized spacial score (nSPS) is 19.5. The molecule has 1 heterocycles. The molecule has 0 aromatic heterocycles. The third kappa shape index (κ3) is 4.59.